The molecular formula is C9H8FN3O. The lowest BCUT2D eigenvalue weighted by Gasteiger charge is -2.04. The number of nitrogens with zero attached hydrogens (tertiary/aromatic N) is 1. The van der Waals surface area contributed by atoms with Gasteiger partial charge in [-0.25, -0.2) is 4.39 Å². The second kappa shape index (κ2) is 4.35. The first-order valence-electron chi connectivity index (χ1n) is 3.87. The molecule has 0 saturated carbocycles. The normalized spacial score (nSPS) is 9.21. The van der Waals surface area contributed by atoms with Crippen LogP contribution in [0, 0.1) is 17.1 Å². The maximum atomic E-state index is 12.7. The number of nitrogens with one attached hydrogen (secondary N) is 1. The number of benzene rings is 1. The standard InChI is InChI=1S/C9H8FN3O/c10-7-1-2-8(6(3-7)4-11)13-9(14)5-12/h1-3H,5,12H2,(H,13,14). The molecule has 72 valence electrons. The zero-order valence-corrected chi connectivity index (χ0v) is 7.25. The second-order valence-corrected chi connectivity index (χ2v) is 2.55. The maximum Gasteiger partial charge on any atom is 0.238 e. The number of halogens is 1. The van der Waals surface area contributed by atoms with Gasteiger partial charge in [-0.05, 0) is 18.2 Å². The van der Waals surface area contributed by atoms with Gasteiger partial charge in [-0.2, -0.15) is 5.26 Å². The van der Waals surface area contributed by atoms with Crippen molar-refractivity contribution >= 4 is 11.6 Å². The molecule has 0 aliphatic carbocycles. The lowest BCUT2D eigenvalue weighted by Crippen LogP contribution is -2.22. The van der Waals surface area contributed by atoms with E-state index < -0.39 is 11.7 Å². The van der Waals surface area contributed by atoms with E-state index in [0.717, 1.165) is 12.1 Å². The van der Waals surface area contributed by atoms with Crippen molar-refractivity contribution in [2.45, 2.75) is 0 Å². The molecule has 0 aliphatic rings. The van der Waals surface area contributed by atoms with Crippen LogP contribution in [0.1, 0.15) is 5.56 Å². The van der Waals surface area contributed by atoms with Crippen LogP contribution in [0.15, 0.2) is 18.2 Å². The minimum atomic E-state index is -0.521. The van der Waals surface area contributed by atoms with Crippen molar-refractivity contribution in [3.8, 4) is 6.07 Å². The molecule has 1 rings (SSSR count). The molecule has 0 radical (unpaired) electrons. The Kier molecular flexibility index (Phi) is 3.15. The Morgan fingerprint density at radius 3 is 2.93 bits per heavy atom. The monoisotopic (exact) mass is 193 g/mol. The van der Waals surface area contributed by atoms with Gasteiger partial charge >= 0.3 is 0 Å². The summed E-state index contributed by atoms with van der Waals surface area (Å²) >= 11 is 0. The van der Waals surface area contributed by atoms with Gasteiger partial charge in [0.2, 0.25) is 5.91 Å². The summed E-state index contributed by atoms with van der Waals surface area (Å²) in [5.74, 6) is -0.944. The van der Waals surface area contributed by atoms with Gasteiger partial charge in [0.15, 0.2) is 0 Å². The largest absolute Gasteiger partial charge is 0.324 e. The number of rotatable bonds is 2. The van der Waals surface area contributed by atoms with Crippen molar-refractivity contribution in [2.24, 2.45) is 5.73 Å². The molecule has 0 bridgehead atoms. The number of amides is 1. The van der Waals surface area contributed by atoms with E-state index >= 15 is 0 Å². The van der Waals surface area contributed by atoms with Gasteiger partial charge in [-0.15, -0.1) is 0 Å². The molecule has 0 fully saturated rings. The number of anilines is 1. The molecule has 0 spiro atoms. The van der Waals surface area contributed by atoms with Crippen LogP contribution in [0.3, 0.4) is 0 Å². The van der Waals surface area contributed by atoms with Crippen LogP contribution in [0.5, 0.6) is 0 Å². The molecule has 1 amide bonds. The molecule has 1 aromatic carbocycles. The van der Waals surface area contributed by atoms with E-state index in [1.165, 1.54) is 6.07 Å². The molecule has 3 N–H and O–H groups in total. The third kappa shape index (κ3) is 2.28. The summed E-state index contributed by atoms with van der Waals surface area (Å²) in [5.41, 5.74) is 5.42. The van der Waals surface area contributed by atoms with Gasteiger partial charge in [-0.1, -0.05) is 0 Å². The molecule has 0 unspecified atom stereocenters. The highest BCUT2D eigenvalue weighted by molar-refractivity contribution is 5.93. The Morgan fingerprint density at radius 1 is 1.64 bits per heavy atom. The highest BCUT2D eigenvalue weighted by Crippen LogP contribution is 2.15. The molecule has 5 heteroatoms. The van der Waals surface area contributed by atoms with Gasteiger partial charge in [0.25, 0.3) is 0 Å². The Hall–Kier alpha value is -1.93. The van der Waals surface area contributed by atoms with E-state index in [0.29, 0.717) is 0 Å². The summed E-state index contributed by atoms with van der Waals surface area (Å²) in [6, 6.07) is 5.30. The molecule has 0 atom stereocenters. The van der Waals surface area contributed by atoms with Crippen LogP contribution < -0.4 is 11.1 Å². The predicted molar refractivity (Wildman–Crippen MR) is 48.8 cm³/mol. The fourth-order valence-electron chi connectivity index (χ4n) is 0.919. The van der Waals surface area contributed by atoms with Crippen LogP contribution in [0.2, 0.25) is 0 Å². The van der Waals surface area contributed by atoms with Crippen molar-refractivity contribution in [3.63, 3.8) is 0 Å². The number of nitrogens with two attached hydrogens (primary N) is 1. The minimum Gasteiger partial charge on any atom is -0.324 e. The molecule has 0 heterocycles. The molecule has 4 nitrogen and oxygen atoms in total. The molecule has 0 aromatic heterocycles. The Balaban J connectivity index is 2.98. The number of hydrogen-bond acceptors (Lipinski definition) is 3. The van der Waals surface area contributed by atoms with Crippen molar-refractivity contribution in [2.75, 3.05) is 11.9 Å². The second-order valence-electron chi connectivity index (χ2n) is 2.55. The molecule has 0 aliphatic heterocycles. The van der Waals surface area contributed by atoms with Gasteiger partial charge < -0.3 is 11.1 Å². The van der Waals surface area contributed by atoms with E-state index in [2.05, 4.69) is 5.32 Å². The van der Waals surface area contributed by atoms with Crippen LogP contribution in [0.4, 0.5) is 10.1 Å². The SMILES string of the molecule is N#Cc1cc(F)ccc1NC(=O)CN. The predicted octanol–water partition coefficient (Wildman–Crippen LogP) is 0.595. The Labute approximate surface area is 80.1 Å². The summed E-state index contributed by atoms with van der Waals surface area (Å²) in [4.78, 5) is 10.9. The number of carbonyl (C=O) groups is 1. The van der Waals surface area contributed by atoms with Crippen molar-refractivity contribution in [3.05, 3.63) is 29.6 Å². The highest BCUT2D eigenvalue weighted by Gasteiger charge is 2.05. The first kappa shape index (κ1) is 10.2. The molecule has 14 heavy (non-hydrogen) atoms. The zero-order valence-electron chi connectivity index (χ0n) is 7.25. The van der Waals surface area contributed by atoms with Crippen LogP contribution in [-0.2, 0) is 4.79 Å². The third-order valence-corrected chi connectivity index (χ3v) is 1.56. The average molecular weight is 193 g/mol. The lowest BCUT2D eigenvalue weighted by molar-refractivity contribution is -0.114. The van der Waals surface area contributed by atoms with Crippen LogP contribution in [-0.4, -0.2) is 12.5 Å². The third-order valence-electron chi connectivity index (χ3n) is 1.56. The van der Waals surface area contributed by atoms with Crippen molar-refractivity contribution in [1.29, 1.82) is 5.26 Å². The first-order chi connectivity index (χ1) is 6.67. The maximum absolute atomic E-state index is 12.7. The highest BCUT2D eigenvalue weighted by atomic mass is 19.1. The van der Waals surface area contributed by atoms with Crippen LogP contribution in [0.25, 0.3) is 0 Å². The number of hydrogen-bond donors (Lipinski definition) is 2. The van der Waals surface area contributed by atoms with E-state index in [-0.39, 0.29) is 17.8 Å². The minimum absolute atomic E-state index is 0.0757. The van der Waals surface area contributed by atoms with Crippen molar-refractivity contribution in [1.82, 2.24) is 0 Å². The topological polar surface area (TPSA) is 78.9 Å². The quantitative estimate of drug-likeness (QED) is 0.721. The fraction of sp³-hybridized carbons (Fsp3) is 0.111. The average Bonchev–Trinajstić information content (AvgIpc) is 2.20. The van der Waals surface area contributed by atoms with E-state index in [1.54, 1.807) is 6.07 Å². The first-order valence-corrected chi connectivity index (χ1v) is 3.87. The van der Waals surface area contributed by atoms with Crippen LogP contribution >= 0.6 is 0 Å². The summed E-state index contributed by atoms with van der Waals surface area (Å²) < 4.78 is 12.7. The van der Waals surface area contributed by atoms with Gasteiger partial charge in [0.05, 0.1) is 17.8 Å². The van der Waals surface area contributed by atoms with Gasteiger partial charge in [0, 0.05) is 0 Å². The lowest BCUT2D eigenvalue weighted by atomic mass is 10.2. The smallest absolute Gasteiger partial charge is 0.238 e. The van der Waals surface area contributed by atoms with Gasteiger partial charge in [-0.3, -0.25) is 4.79 Å². The number of carbonyl (C=O) groups excluding carboxylic acids is 1. The molecule has 1 aromatic rings. The van der Waals surface area contributed by atoms with E-state index in [4.69, 9.17) is 11.0 Å². The molecular weight excluding hydrogens is 185 g/mol. The number of nitriles is 1. The molecule has 0 saturated heterocycles. The summed E-state index contributed by atoms with van der Waals surface area (Å²) in [7, 11) is 0. The van der Waals surface area contributed by atoms with Gasteiger partial charge in [0.1, 0.15) is 11.9 Å². The fourth-order valence-corrected chi connectivity index (χ4v) is 0.919. The Morgan fingerprint density at radius 2 is 2.36 bits per heavy atom. The zero-order chi connectivity index (χ0) is 10.6. The summed E-state index contributed by atoms with van der Waals surface area (Å²) in [5, 5.41) is 11.0. The van der Waals surface area contributed by atoms with E-state index in [1.807, 2.05) is 0 Å². The summed E-state index contributed by atoms with van der Waals surface area (Å²) in [6.45, 7) is -0.178. The summed E-state index contributed by atoms with van der Waals surface area (Å²) in [6.07, 6.45) is 0. The van der Waals surface area contributed by atoms with E-state index in [9.17, 15) is 9.18 Å². The van der Waals surface area contributed by atoms with Crippen molar-refractivity contribution < 1.29 is 9.18 Å². The Bertz CT molecular complexity index is 398.